The summed E-state index contributed by atoms with van der Waals surface area (Å²) in [7, 11) is 0. The number of amides is 2. The van der Waals surface area contributed by atoms with Crippen LogP contribution >= 0.6 is 0 Å². The van der Waals surface area contributed by atoms with E-state index in [-0.39, 0.29) is 12.1 Å². The van der Waals surface area contributed by atoms with Crippen molar-refractivity contribution >= 4 is 12.0 Å². The fourth-order valence-corrected chi connectivity index (χ4v) is 4.01. The number of nitrogens with one attached hydrogen (secondary N) is 2. The highest BCUT2D eigenvalue weighted by Gasteiger charge is 2.22. The predicted molar refractivity (Wildman–Crippen MR) is 115 cm³/mol. The standard InChI is InChI=1S/C22H30N6O2/c29-22(26-20-6-2-9-28(17-20)21-23-7-3-8-24-21)25-15-18-4-1-5-19(14-18)16-27-10-12-30-13-11-27/h1,3-5,7-8,14,20H,2,6,9-13,15-17H2,(H2,25,26,29). The molecule has 30 heavy (non-hydrogen) atoms. The molecule has 2 saturated heterocycles. The summed E-state index contributed by atoms with van der Waals surface area (Å²) in [4.78, 5) is 25.6. The van der Waals surface area contributed by atoms with E-state index in [1.807, 2.05) is 6.07 Å². The van der Waals surface area contributed by atoms with Crippen molar-refractivity contribution in [3.63, 3.8) is 0 Å². The molecule has 8 nitrogen and oxygen atoms in total. The first-order valence-electron chi connectivity index (χ1n) is 10.7. The van der Waals surface area contributed by atoms with E-state index >= 15 is 0 Å². The number of carbonyl (C=O) groups excluding carboxylic acids is 1. The number of carbonyl (C=O) groups is 1. The second kappa shape index (κ2) is 10.4. The van der Waals surface area contributed by atoms with E-state index in [0.717, 1.165) is 70.3 Å². The van der Waals surface area contributed by atoms with Crippen molar-refractivity contribution in [1.82, 2.24) is 25.5 Å². The summed E-state index contributed by atoms with van der Waals surface area (Å²) in [6.45, 7) is 6.62. The largest absolute Gasteiger partial charge is 0.379 e. The quantitative estimate of drug-likeness (QED) is 0.755. The summed E-state index contributed by atoms with van der Waals surface area (Å²) in [5, 5.41) is 6.10. The Bertz CT molecular complexity index is 812. The van der Waals surface area contributed by atoms with Crippen molar-refractivity contribution < 1.29 is 9.53 Å². The SMILES string of the molecule is O=C(NCc1cccc(CN2CCOCC2)c1)NC1CCCN(c2ncccn2)C1. The number of urea groups is 1. The van der Waals surface area contributed by atoms with Gasteiger partial charge in [-0.05, 0) is 30.0 Å². The summed E-state index contributed by atoms with van der Waals surface area (Å²) in [5.41, 5.74) is 2.38. The third-order valence-electron chi connectivity index (χ3n) is 5.55. The highest BCUT2D eigenvalue weighted by atomic mass is 16.5. The highest BCUT2D eigenvalue weighted by Crippen LogP contribution is 2.15. The van der Waals surface area contributed by atoms with Crippen LogP contribution in [0.5, 0.6) is 0 Å². The van der Waals surface area contributed by atoms with Crippen LogP contribution < -0.4 is 15.5 Å². The molecule has 1 aromatic heterocycles. The number of piperidine rings is 1. The van der Waals surface area contributed by atoms with Gasteiger partial charge in [-0.25, -0.2) is 14.8 Å². The van der Waals surface area contributed by atoms with Crippen LogP contribution in [0, 0.1) is 0 Å². The fourth-order valence-electron chi connectivity index (χ4n) is 4.01. The maximum Gasteiger partial charge on any atom is 0.315 e. The van der Waals surface area contributed by atoms with Crippen molar-refractivity contribution in [3.05, 3.63) is 53.9 Å². The molecule has 2 aliphatic rings. The van der Waals surface area contributed by atoms with Crippen molar-refractivity contribution in [3.8, 4) is 0 Å². The first-order valence-corrected chi connectivity index (χ1v) is 10.7. The Morgan fingerprint density at radius 3 is 2.73 bits per heavy atom. The molecule has 2 fully saturated rings. The van der Waals surface area contributed by atoms with Gasteiger partial charge in [-0.2, -0.15) is 0 Å². The molecule has 2 amide bonds. The zero-order valence-electron chi connectivity index (χ0n) is 17.3. The Hall–Kier alpha value is -2.71. The van der Waals surface area contributed by atoms with Gasteiger partial charge in [0.1, 0.15) is 0 Å². The van der Waals surface area contributed by atoms with E-state index in [1.165, 1.54) is 5.56 Å². The lowest BCUT2D eigenvalue weighted by atomic mass is 10.1. The van der Waals surface area contributed by atoms with Crippen molar-refractivity contribution in [2.45, 2.75) is 32.0 Å². The average molecular weight is 411 g/mol. The molecule has 2 aromatic rings. The summed E-state index contributed by atoms with van der Waals surface area (Å²) in [6.07, 6.45) is 5.47. The molecule has 0 bridgehead atoms. The number of nitrogens with zero attached hydrogens (tertiary/aromatic N) is 4. The summed E-state index contributed by atoms with van der Waals surface area (Å²) in [6, 6.07) is 10.2. The molecule has 1 unspecified atom stereocenters. The number of benzene rings is 1. The van der Waals surface area contributed by atoms with Crippen LogP contribution in [0.3, 0.4) is 0 Å². The van der Waals surface area contributed by atoms with E-state index < -0.39 is 0 Å². The second-order valence-electron chi connectivity index (χ2n) is 7.87. The first kappa shape index (κ1) is 20.6. The Morgan fingerprint density at radius 2 is 1.90 bits per heavy atom. The van der Waals surface area contributed by atoms with Gasteiger partial charge in [0.25, 0.3) is 0 Å². The lowest BCUT2D eigenvalue weighted by Gasteiger charge is -2.33. The van der Waals surface area contributed by atoms with Gasteiger partial charge in [0.05, 0.1) is 13.2 Å². The minimum atomic E-state index is -0.130. The van der Waals surface area contributed by atoms with Crippen LogP contribution in [0.2, 0.25) is 0 Å². The Morgan fingerprint density at radius 1 is 1.10 bits per heavy atom. The van der Waals surface area contributed by atoms with Gasteiger partial charge in [0, 0.05) is 57.7 Å². The van der Waals surface area contributed by atoms with Gasteiger partial charge in [-0.1, -0.05) is 24.3 Å². The van der Waals surface area contributed by atoms with Crippen LogP contribution in [0.15, 0.2) is 42.7 Å². The van der Waals surface area contributed by atoms with Crippen LogP contribution in [0.4, 0.5) is 10.7 Å². The van der Waals surface area contributed by atoms with Crippen LogP contribution in [-0.2, 0) is 17.8 Å². The molecule has 3 heterocycles. The van der Waals surface area contributed by atoms with Crippen molar-refractivity contribution in [1.29, 1.82) is 0 Å². The van der Waals surface area contributed by atoms with E-state index in [9.17, 15) is 4.79 Å². The Kier molecular flexibility index (Phi) is 7.10. The van der Waals surface area contributed by atoms with E-state index in [4.69, 9.17) is 4.74 Å². The molecule has 0 spiro atoms. The molecule has 1 aromatic carbocycles. The minimum absolute atomic E-state index is 0.0928. The minimum Gasteiger partial charge on any atom is -0.379 e. The molecule has 0 saturated carbocycles. The molecular weight excluding hydrogens is 380 g/mol. The average Bonchev–Trinajstić information content (AvgIpc) is 2.79. The molecule has 1 atom stereocenters. The molecular formula is C22H30N6O2. The number of anilines is 1. The number of hydrogen-bond acceptors (Lipinski definition) is 6. The monoisotopic (exact) mass is 410 g/mol. The molecule has 4 rings (SSSR count). The van der Waals surface area contributed by atoms with Gasteiger partial charge in [-0.15, -0.1) is 0 Å². The van der Waals surface area contributed by atoms with Crippen LogP contribution in [-0.4, -0.2) is 66.3 Å². The van der Waals surface area contributed by atoms with Crippen molar-refractivity contribution in [2.75, 3.05) is 44.3 Å². The number of hydrogen-bond donors (Lipinski definition) is 2. The van der Waals surface area contributed by atoms with Crippen LogP contribution in [0.25, 0.3) is 0 Å². The maximum absolute atomic E-state index is 12.4. The summed E-state index contributed by atoms with van der Waals surface area (Å²) < 4.78 is 5.41. The number of rotatable bonds is 6. The van der Waals surface area contributed by atoms with Gasteiger partial charge >= 0.3 is 6.03 Å². The molecule has 0 radical (unpaired) electrons. The molecule has 160 valence electrons. The first-order chi connectivity index (χ1) is 14.8. The predicted octanol–water partition coefficient (Wildman–Crippen LogP) is 1.78. The number of aromatic nitrogens is 2. The topological polar surface area (TPSA) is 82.6 Å². The third-order valence-corrected chi connectivity index (χ3v) is 5.55. The Labute approximate surface area is 177 Å². The van der Waals surface area contributed by atoms with Gasteiger partial charge in [0.15, 0.2) is 0 Å². The van der Waals surface area contributed by atoms with E-state index in [0.29, 0.717) is 6.54 Å². The van der Waals surface area contributed by atoms with E-state index in [1.54, 1.807) is 12.4 Å². The summed E-state index contributed by atoms with van der Waals surface area (Å²) in [5.74, 6) is 0.724. The normalized spacial score (nSPS) is 20.0. The molecule has 0 aliphatic carbocycles. The van der Waals surface area contributed by atoms with E-state index in [2.05, 4.69) is 54.7 Å². The number of ether oxygens (including phenoxy) is 1. The zero-order valence-corrected chi connectivity index (χ0v) is 17.3. The lowest BCUT2D eigenvalue weighted by Crippen LogP contribution is -2.50. The second-order valence-corrected chi connectivity index (χ2v) is 7.87. The maximum atomic E-state index is 12.4. The third kappa shape index (κ3) is 5.90. The van der Waals surface area contributed by atoms with Gasteiger partial charge in [-0.3, -0.25) is 4.90 Å². The zero-order chi connectivity index (χ0) is 20.6. The van der Waals surface area contributed by atoms with Gasteiger partial charge < -0.3 is 20.3 Å². The summed E-state index contributed by atoms with van der Waals surface area (Å²) >= 11 is 0. The highest BCUT2D eigenvalue weighted by molar-refractivity contribution is 5.74. The molecule has 8 heteroatoms. The smallest absolute Gasteiger partial charge is 0.315 e. The number of morpholine rings is 1. The Balaban J connectivity index is 1.24. The van der Waals surface area contributed by atoms with Gasteiger partial charge in [0.2, 0.25) is 5.95 Å². The molecule has 2 aliphatic heterocycles. The van der Waals surface area contributed by atoms with Crippen molar-refractivity contribution in [2.24, 2.45) is 0 Å². The lowest BCUT2D eigenvalue weighted by molar-refractivity contribution is 0.0342. The van der Waals surface area contributed by atoms with Crippen LogP contribution in [0.1, 0.15) is 24.0 Å². The fraction of sp³-hybridized carbons (Fsp3) is 0.500. The molecule has 2 N–H and O–H groups in total.